The van der Waals surface area contributed by atoms with Crippen LogP contribution in [0.25, 0.3) is 0 Å². The van der Waals surface area contributed by atoms with E-state index in [1.54, 1.807) is 4.90 Å². The number of likely N-dealkylation sites (tertiary alicyclic amines) is 1. The molecule has 0 atom stereocenters. The molecule has 1 aliphatic rings. The molecule has 0 unspecified atom stereocenters. The van der Waals surface area contributed by atoms with Crippen molar-refractivity contribution < 1.29 is 22.8 Å². The number of benzene rings is 1. The topological polar surface area (TPSA) is 61.4 Å². The summed E-state index contributed by atoms with van der Waals surface area (Å²) in [5.41, 5.74) is -0.426. The molecule has 8 heteroatoms. The third-order valence-electron chi connectivity index (χ3n) is 3.82. The van der Waals surface area contributed by atoms with Crippen LogP contribution in [-0.2, 0) is 17.5 Å². The van der Waals surface area contributed by atoms with Crippen molar-refractivity contribution in [3.8, 4) is 0 Å². The van der Waals surface area contributed by atoms with Crippen molar-refractivity contribution >= 4 is 11.9 Å². The molecule has 2 N–H and O–H groups in total. The number of urea groups is 1. The highest BCUT2D eigenvalue weighted by atomic mass is 19.4. The van der Waals surface area contributed by atoms with Crippen molar-refractivity contribution in [3.05, 3.63) is 35.4 Å². The van der Waals surface area contributed by atoms with Gasteiger partial charge in [0.05, 0.1) is 12.1 Å². The summed E-state index contributed by atoms with van der Waals surface area (Å²) in [7, 11) is 0. The predicted octanol–water partition coefficient (Wildman–Crippen LogP) is 2.52. The first-order chi connectivity index (χ1) is 11.4. The Balaban J connectivity index is 1.76. The number of nitrogens with zero attached hydrogens (tertiary/aromatic N) is 1. The van der Waals surface area contributed by atoms with E-state index in [4.69, 9.17) is 0 Å². The lowest BCUT2D eigenvalue weighted by atomic mass is 10.1. The minimum absolute atomic E-state index is 0.0480. The van der Waals surface area contributed by atoms with E-state index in [9.17, 15) is 22.8 Å². The van der Waals surface area contributed by atoms with Gasteiger partial charge in [0.15, 0.2) is 0 Å². The van der Waals surface area contributed by atoms with Crippen molar-refractivity contribution in [3.63, 3.8) is 0 Å². The van der Waals surface area contributed by atoms with Crippen LogP contribution in [0.5, 0.6) is 0 Å². The van der Waals surface area contributed by atoms with Crippen LogP contribution in [0.2, 0.25) is 0 Å². The third-order valence-corrected chi connectivity index (χ3v) is 3.82. The van der Waals surface area contributed by atoms with Crippen LogP contribution in [0.3, 0.4) is 0 Å². The fourth-order valence-corrected chi connectivity index (χ4v) is 2.51. The van der Waals surface area contributed by atoms with Crippen LogP contribution in [0.4, 0.5) is 18.0 Å². The second-order valence-corrected chi connectivity index (χ2v) is 5.68. The maximum atomic E-state index is 12.6. The van der Waals surface area contributed by atoms with Crippen LogP contribution in [0, 0.1) is 0 Å². The second kappa shape index (κ2) is 8.03. The Morgan fingerprint density at radius 1 is 1.08 bits per heavy atom. The average molecular weight is 343 g/mol. The lowest BCUT2D eigenvalue weighted by molar-refractivity contribution is -0.137. The number of amides is 3. The van der Waals surface area contributed by atoms with Crippen molar-refractivity contribution in [2.24, 2.45) is 0 Å². The number of rotatable bonds is 4. The van der Waals surface area contributed by atoms with Crippen LogP contribution in [-0.4, -0.2) is 36.5 Å². The van der Waals surface area contributed by atoms with Crippen LogP contribution in [0.1, 0.15) is 30.4 Å². The van der Waals surface area contributed by atoms with Gasteiger partial charge >= 0.3 is 12.2 Å². The molecule has 0 saturated carbocycles. The zero-order chi connectivity index (χ0) is 17.6. The van der Waals surface area contributed by atoms with Crippen LogP contribution < -0.4 is 10.6 Å². The monoisotopic (exact) mass is 343 g/mol. The number of carbonyl (C=O) groups is 2. The molecule has 0 spiro atoms. The number of piperidine rings is 1. The largest absolute Gasteiger partial charge is 0.416 e. The standard InChI is InChI=1S/C16H20F3N3O2/c17-16(18,19)13-6-4-5-12(9-13)10-20-15(24)21-11-14(23)22-7-2-1-3-8-22/h4-6,9H,1-3,7-8,10-11H2,(H2,20,21,24). The molecule has 1 heterocycles. The molecule has 2 rings (SSSR count). The highest BCUT2D eigenvalue weighted by molar-refractivity contribution is 5.84. The SMILES string of the molecule is O=C(NCC(=O)N1CCCCC1)NCc1cccc(C(F)(F)F)c1. The van der Waals surface area contributed by atoms with Gasteiger partial charge in [-0.1, -0.05) is 12.1 Å². The number of carbonyl (C=O) groups excluding carboxylic acids is 2. The summed E-state index contributed by atoms with van der Waals surface area (Å²) in [4.78, 5) is 25.3. The Morgan fingerprint density at radius 2 is 1.79 bits per heavy atom. The van der Waals surface area contributed by atoms with Gasteiger partial charge in [0.1, 0.15) is 0 Å². The number of hydrogen-bond acceptors (Lipinski definition) is 2. The van der Waals surface area contributed by atoms with Gasteiger partial charge in [-0.05, 0) is 37.0 Å². The Bertz CT molecular complexity index is 584. The molecule has 5 nitrogen and oxygen atoms in total. The zero-order valence-corrected chi connectivity index (χ0v) is 13.2. The van der Waals surface area contributed by atoms with Crippen LogP contribution in [0.15, 0.2) is 24.3 Å². The first-order valence-corrected chi connectivity index (χ1v) is 7.82. The number of alkyl halides is 3. The van der Waals surface area contributed by atoms with Crippen molar-refractivity contribution in [2.75, 3.05) is 19.6 Å². The molecule has 1 aromatic rings. The van der Waals surface area contributed by atoms with E-state index in [2.05, 4.69) is 10.6 Å². The highest BCUT2D eigenvalue weighted by Crippen LogP contribution is 2.29. The summed E-state index contributed by atoms with van der Waals surface area (Å²) >= 11 is 0. The average Bonchev–Trinajstić information content (AvgIpc) is 2.58. The van der Waals surface area contributed by atoms with E-state index in [0.29, 0.717) is 18.7 Å². The molecular formula is C16H20F3N3O2. The van der Waals surface area contributed by atoms with Gasteiger partial charge in [0.2, 0.25) is 5.91 Å². The van der Waals surface area contributed by atoms with E-state index in [0.717, 1.165) is 31.4 Å². The molecule has 24 heavy (non-hydrogen) atoms. The van der Waals surface area contributed by atoms with Gasteiger partial charge in [0, 0.05) is 19.6 Å². The van der Waals surface area contributed by atoms with Crippen molar-refractivity contribution in [1.29, 1.82) is 0 Å². The molecule has 0 aromatic heterocycles. The third kappa shape index (κ3) is 5.43. The quantitative estimate of drug-likeness (QED) is 0.882. The lowest BCUT2D eigenvalue weighted by Gasteiger charge is -2.26. The first kappa shape index (κ1) is 18.1. The van der Waals surface area contributed by atoms with E-state index in [-0.39, 0.29) is 19.0 Å². The number of hydrogen-bond donors (Lipinski definition) is 2. The van der Waals surface area contributed by atoms with Gasteiger partial charge in [-0.25, -0.2) is 4.79 Å². The Hall–Kier alpha value is -2.25. The van der Waals surface area contributed by atoms with Crippen LogP contribution >= 0.6 is 0 Å². The summed E-state index contributed by atoms with van der Waals surface area (Å²) in [5.74, 6) is -0.149. The lowest BCUT2D eigenvalue weighted by Crippen LogP contribution is -2.45. The molecule has 1 fully saturated rings. The molecule has 0 bridgehead atoms. The van der Waals surface area contributed by atoms with E-state index in [1.807, 2.05) is 0 Å². The Labute approximate surface area is 138 Å². The van der Waals surface area contributed by atoms with Crippen molar-refractivity contribution in [2.45, 2.75) is 32.0 Å². The summed E-state index contributed by atoms with van der Waals surface area (Å²) in [6, 6.07) is 4.16. The zero-order valence-electron chi connectivity index (χ0n) is 13.2. The second-order valence-electron chi connectivity index (χ2n) is 5.68. The van der Waals surface area contributed by atoms with Gasteiger partial charge in [-0.2, -0.15) is 13.2 Å². The number of halogens is 3. The maximum Gasteiger partial charge on any atom is 0.416 e. The molecule has 0 radical (unpaired) electrons. The first-order valence-electron chi connectivity index (χ1n) is 7.82. The highest BCUT2D eigenvalue weighted by Gasteiger charge is 2.30. The summed E-state index contributed by atoms with van der Waals surface area (Å²) in [5, 5.41) is 4.88. The number of nitrogens with one attached hydrogen (secondary N) is 2. The Morgan fingerprint density at radius 3 is 2.46 bits per heavy atom. The van der Waals surface area contributed by atoms with Gasteiger partial charge < -0.3 is 15.5 Å². The normalized spacial score (nSPS) is 15.0. The van der Waals surface area contributed by atoms with E-state index in [1.165, 1.54) is 12.1 Å². The fraction of sp³-hybridized carbons (Fsp3) is 0.500. The summed E-state index contributed by atoms with van der Waals surface area (Å²) in [6.45, 7) is 1.24. The molecule has 132 valence electrons. The smallest absolute Gasteiger partial charge is 0.341 e. The molecule has 3 amide bonds. The van der Waals surface area contributed by atoms with Gasteiger partial charge in [-0.15, -0.1) is 0 Å². The van der Waals surface area contributed by atoms with E-state index >= 15 is 0 Å². The maximum absolute atomic E-state index is 12.6. The predicted molar refractivity (Wildman–Crippen MR) is 82.1 cm³/mol. The van der Waals surface area contributed by atoms with Gasteiger partial charge in [-0.3, -0.25) is 4.79 Å². The molecule has 1 saturated heterocycles. The summed E-state index contributed by atoms with van der Waals surface area (Å²) in [6.07, 6.45) is -1.38. The minimum atomic E-state index is -4.42. The molecule has 1 aromatic carbocycles. The summed E-state index contributed by atoms with van der Waals surface area (Å²) < 4.78 is 37.8. The van der Waals surface area contributed by atoms with E-state index < -0.39 is 17.8 Å². The van der Waals surface area contributed by atoms with Crippen molar-refractivity contribution in [1.82, 2.24) is 15.5 Å². The molecule has 1 aliphatic heterocycles. The fourth-order valence-electron chi connectivity index (χ4n) is 2.51. The molecular weight excluding hydrogens is 323 g/mol. The van der Waals surface area contributed by atoms with Gasteiger partial charge in [0.25, 0.3) is 0 Å². The molecule has 0 aliphatic carbocycles. The minimum Gasteiger partial charge on any atom is -0.341 e. The Kier molecular flexibility index (Phi) is 6.05.